The summed E-state index contributed by atoms with van der Waals surface area (Å²) in [5.41, 5.74) is 4.17. The van der Waals surface area contributed by atoms with Gasteiger partial charge in [0.2, 0.25) is 5.91 Å². The van der Waals surface area contributed by atoms with E-state index in [1.165, 1.54) is 11.6 Å². The Hall–Kier alpha value is -4.21. The number of H-pyrrole nitrogens is 1. The van der Waals surface area contributed by atoms with E-state index in [9.17, 15) is 14.4 Å². The summed E-state index contributed by atoms with van der Waals surface area (Å²) in [6.07, 6.45) is 2.52. The molecule has 10 heteroatoms. The molecule has 0 unspecified atom stereocenters. The summed E-state index contributed by atoms with van der Waals surface area (Å²) < 4.78 is 10.4. The highest BCUT2D eigenvalue weighted by Gasteiger charge is 2.29. The molecule has 2 aliphatic heterocycles. The number of ether oxygens (including phenoxy) is 1. The molecule has 10 nitrogen and oxygen atoms in total. The maximum Gasteiger partial charge on any atom is 0.417 e. The minimum Gasteiger partial charge on any atom is -0.497 e. The molecule has 0 aliphatic carbocycles. The number of piperidine rings is 1. The molecule has 2 aliphatic rings. The van der Waals surface area contributed by atoms with Crippen molar-refractivity contribution < 1.29 is 18.7 Å². The number of rotatable bonds is 5. The normalized spacial score (nSPS) is 16.2. The molecule has 1 fully saturated rings. The lowest BCUT2D eigenvalue weighted by molar-refractivity contribution is -0.131. The van der Waals surface area contributed by atoms with E-state index in [0.29, 0.717) is 35.3 Å². The summed E-state index contributed by atoms with van der Waals surface area (Å²) in [5, 5.41) is 6.14. The molecule has 3 N–H and O–H groups in total. The summed E-state index contributed by atoms with van der Waals surface area (Å²) >= 11 is 0. The number of hydrogen-bond acceptors (Lipinski definition) is 7. The number of anilines is 1. The highest BCUT2D eigenvalue weighted by Crippen LogP contribution is 2.30. The van der Waals surface area contributed by atoms with E-state index >= 15 is 0 Å². The fourth-order valence-corrected chi connectivity index (χ4v) is 5.18. The Kier molecular flexibility index (Phi) is 6.64. The fraction of sp³-hybridized carbons (Fsp3) is 0.370. The Bertz CT molecular complexity index is 1420. The highest BCUT2D eigenvalue weighted by molar-refractivity contribution is 5.99. The molecule has 0 radical (unpaired) electrons. The van der Waals surface area contributed by atoms with Gasteiger partial charge < -0.3 is 29.6 Å². The number of oxazole rings is 1. The molecular formula is C27H31N5O5. The molecule has 0 atom stereocenters. The standard InChI is InChI=1S/C27H31N5O5/c1-16-12-19(14-23-25(16)30-27(35)37-23)26(34)28-15-24(33)31-9-7-20(8-10-31)32-11-6-18-13-21(36-3)4-5-22(18)29-17(32)2/h4-5,12-14,20,29H,2,6-11,15H2,1,3H3,(H,28,34)(H,30,35). The van der Waals surface area contributed by atoms with Gasteiger partial charge in [0.25, 0.3) is 5.91 Å². The zero-order chi connectivity index (χ0) is 26.1. The second-order valence-electron chi connectivity index (χ2n) is 9.51. The van der Waals surface area contributed by atoms with Gasteiger partial charge in [0.15, 0.2) is 5.58 Å². The summed E-state index contributed by atoms with van der Waals surface area (Å²) in [7, 11) is 1.67. The fourth-order valence-electron chi connectivity index (χ4n) is 5.18. The van der Waals surface area contributed by atoms with Crippen molar-refractivity contribution in [2.24, 2.45) is 0 Å². The summed E-state index contributed by atoms with van der Waals surface area (Å²) in [5.74, 6) is 0.626. The van der Waals surface area contributed by atoms with Crippen LogP contribution in [-0.2, 0) is 11.2 Å². The third kappa shape index (κ3) is 5.04. The van der Waals surface area contributed by atoms with Crippen molar-refractivity contribution in [1.82, 2.24) is 20.1 Å². The number of carbonyl (C=O) groups is 2. The smallest absolute Gasteiger partial charge is 0.417 e. The van der Waals surface area contributed by atoms with Crippen molar-refractivity contribution in [2.75, 3.05) is 38.6 Å². The van der Waals surface area contributed by atoms with Crippen LogP contribution in [0.4, 0.5) is 5.69 Å². The first-order valence-electron chi connectivity index (χ1n) is 12.4. The van der Waals surface area contributed by atoms with Gasteiger partial charge in [-0.05, 0) is 67.6 Å². The Morgan fingerprint density at radius 3 is 2.73 bits per heavy atom. The van der Waals surface area contributed by atoms with Crippen LogP contribution in [0.15, 0.2) is 51.9 Å². The van der Waals surface area contributed by atoms with E-state index in [1.807, 2.05) is 12.1 Å². The molecule has 3 heterocycles. The van der Waals surface area contributed by atoms with Gasteiger partial charge in [-0.1, -0.05) is 6.58 Å². The molecular weight excluding hydrogens is 474 g/mol. The number of likely N-dealkylation sites (tertiary alicyclic amines) is 1. The summed E-state index contributed by atoms with van der Waals surface area (Å²) in [4.78, 5) is 43.6. The first-order chi connectivity index (χ1) is 17.8. The Balaban J connectivity index is 1.14. The van der Waals surface area contributed by atoms with E-state index < -0.39 is 5.76 Å². The molecule has 5 rings (SSSR count). The molecule has 2 amide bonds. The lowest BCUT2D eigenvalue weighted by Gasteiger charge is -2.40. The molecule has 0 bridgehead atoms. The van der Waals surface area contributed by atoms with Gasteiger partial charge in [0.05, 0.1) is 25.0 Å². The van der Waals surface area contributed by atoms with Crippen LogP contribution in [-0.4, -0.2) is 65.9 Å². The monoisotopic (exact) mass is 505 g/mol. The predicted octanol–water partition coefficient (Wildman–Crippen LogP) is 2.60. The van der Waals surface area contributed by atoms with Crippen molar-refractivity contribution in [3.05, 3.63) is 70.0 Å². The van der Waals surface area contributed by atoms with Crippen LogP contribution in [0.2, 0.25) is 0 Å². The van der Waals surface area contributed by atoms with E-state index in [-0.39, 0.29) is 24.4 Å². The topological polar surface area (TPSA) is 120 Å². The molecule has 1 saturated heterocycles. The van der Waals surface area contributed by atoms with Crippen molar-refractivity contribution in [3.63, 3.8) is 0 Å². The van der Waals surface area contributed by atoms with Crippen LogP contribution in [0.5, 0.6) is 5.75 Å². The van der Waals surface area contributed by atoms with Gasteiger partial charge in [-0.25, -0.2) is 4.79 Å². The SMILES string of the molecule is C=C1Nc2ccc(OC)cc2CCN1C1CCN(C(=O)CNC(=O)c2cc(C)c3[nH]c(=O)oc3c2)CC1. The number of carbonyl (C=O) groups excluding carboxylic acids is 2. The quantitative estimate of drug-likeness (QED) is 0.488. The number of aromatic amines is 1. The van der Waals surface area contributed by atoms with Crippen molar-refractivity contribution in [3.8, 4) is 5.75 Å². The first-order valence-corrected chi connectivity index (χ1v) is 12.4. The van der Waals surface area contributed by atoms with Gasteiger partial charge in [-0.15, -0.1) is 0 Å². The number of amides is 2. The maximum atomic E-state index is 12.8. The van der Waals surface area contributed by atoms with Crippen LogP contribution < -0.4 is 21.1 Å². The van der Waals surface area contributed by atoms with E-state index in [0.717, 1.165) is 43.1 Å². The number of nitrogens with one attached hydrogen (secondary N) is 3. The lowest BCUT2D eigenvalue weighted by atomic mass is 10.0. The van der Waals surface area contributed by atoms with Crippen molar-refractivity contribution >= 4 is 28.6 Å². The molecule has 3 aromatic rings. The number of benzene rings is 2. The molecule has 1 aromatic heterocycles. The van der Waals surface area contributed by atoms with E-state index in [2.05, 4.69) is 33.2 Å². The molecule has 0 spiro atoms. The number of fused-ring (bicyclic) bond motifs is 2. The van der Waals surface area contributed by atoms with Crippen LogP contribution in [0.3, 0.4) is 0 Å². The minimum atomic E-state index is -0.571. The number of aryl methyl sites for hydroxylation is 1. The number of aromatic nitrogens is 1. The van der Waals surface area contributed by atoms with Crippen molar-refractivity contribution in [1.29, 1.82) is 0 Å². The predicted molar refractivity (Wildman–Crippen MR) is 140 cm³/mol. The zero-order valence-electron chi connectivity index (χ0n) is 21.1. The maximum absolute atomic E-state index is 12.8. The lowest BCUT2D eigenvalue weighted by Crippen LogP contribution is -2.49. The van der Waals surface area contributed by atoms with Crippen LogP contribution >= 0.6 is 0 Å². The zero-order valence-corrected chi connectivity index (χ0v) is 21.1. The van der Waals surface area contributed by atoms with Gasteiger partial charge in [-0.3, -0.25) is 14.6 Å². The Labute approximate surface area is 214 Å². The van der Waals surface area contributed by atoms with Crippen LogP contribution in [0, 0.1) is 6.92 Å². The number of methoxy groups -OCH3 is 1. The summed E-state index contributed by atoms with van der Waals surface area (Å²) in [6, 6.07) is 9.46. The highest BCUT2D eigenvalue weighted by atomic mass is 16.5. The third-order valence-electron chi connectivity index (χ3n) is 7.21. The number of hydrogen-bond donors (Lipinski definition) is 3. The molecule has 0 saturated carbocycles. The minimum absolute atomic E-state index is 0.0905. The van der Waals surface area contributed by atoms with Gasteiger partial charge in [0, 0.05) is 36.9 Å². The van der Waals surface area contributed by atoms with Crippen LogP contribution in [0.25, 0.3) is 11.1 Å². The number of nitrogens with zero attached hydrogens (tertiary/aromatic N) is 2. The second-order valence-corrected chi connectivity index (χ2v) is 9.51. The van der Waals surface area contributed by atoms with E-state index in [1.54, 1.807) is 25.0 Å². The van der Waals surface area contributed by atoms with Gasteiger partial charge in [-0.2, -0.15) is 0 Å². The molecule has 37 heavy (non-hydrogen) atoms. The average molecular weight is 506 g/mol. The van der Waals surface area contributed by atoms with Crippen molar-refractivity contribution in [2.45, 2.75) is 32.2 Å². The molecule has 2 aromatic carbocycles. The first kappa shape index (κ1) is 24.5. The van der Waals surface area contributed by atoms with Crippen LogP contribution in [0.1, 0.15) is 34.3 Å². The largest absolute Gasteiger partial charge is 0.497 e. The third-order valence-corrected chi connectivity index (χ3v) is 7.21. The molecule has 194 valence electrons. The van der Waals surface area contributed by atoms with Gasteiger partial charge >= 0.3 is 5.76 Å². The Morgan fingerprint density at radius 2 is 1.97 bits per heavy atom. The summed E-state index contributed by atoms with van der Waals surface area (Å²) in [6.45, 7) is 8.02. The second kappa shape index (κ2) is 10.0. The average Bonchev–Trinajstić information content (AvgIpc) is 3.20. The van der Waals surface area contributed by atoms with Gasteiger partial charge in [0.1, 0.15) is 5.75 Å². The Morgan fingerprint density at radius 1 is 1.19 bits per heavy atom. The van der Waals surface area contributed by atoms with E-state index in [4.69, 9.17) is 9.15 Å².